The molecule has 0 aliphatic heterocycles. The van der Waals surface area contributed by atoms with E-state index in [4.69, 9.17) is 34.8 Å². The fourth-order valence-electron chi connectivity index (χ4n) is 3.12. The van der Waals surface area contributed by atoms with Crippen molar-refractivity contribution in [1.29, 1.82) is 0 Å². The minimum atomic E-state index is -3.97. The standard InChI is InChI=1S/C23H27Cl3FN3O4S/c1-14(2)11-28-23(32)15(3)29(12-16-5-6-17(24)9-19(16)25)22(31)13-30(35(4,33)34)18-7-8-21(27)20(26)10-18/h5-10,14-15H,11-13H2,1-4H3,(H,28,32). The Morgan fingerprint density at radius 3 is 2.23 bits per heavy atom. The molecule has 0 saturated carbocycles. The largest absolute Gasteiger partial charge is 0.354 e. The van der Waals surface area contributed by atoms with Gasteiger partial charge in [0.05, 0.1) is 17.0 Å². The fourth-order valence-corrected chi connectivity index (χ4v) is 4.61. The molecule has 1 unspecified atom stereocenters. The van der Waals surface area contributed by atoms with Crippen LogP contribution in [0.1, 0.15) is 26.3 Å². The van der Waals surface area contributed by atoms with Gasteiger partial charge < -0.3 is 10.2 Å². The highest BCUT2D eigenvalue weighted by molar-refractivity contribution is 7.92. The summed E-state index contributed by atoms with van der Waals surface area (Å²) in [7, 11) is -3.97. The molecule has 2 amide bonds. The molecule has 0 aliphatic rings. The molecule has 12 heteroatoms. The van der Waals surface area contributed by atoms with Crippen LogP contribution >= 0.6 is 34.8 Å². The molecule has 0 spiro atoms. The zero-order chi connectivity index (χ0) is 26.5. The molecule has 0 heterocycles. The third-order valence-corrected chi connectivity index (χ3v) is 7.10. The van der Waals surface area contributed by atoms with Crippen molar-refractivity contribution in [3.05, 3.63) is 62.8 Å². The van der Waals surface area contributed by atoms with E-state index < -0.39 is 40.2 Å². The van der Waals surface area contributed by atoms with Crippen LogP contribution in [0.2, 0.25) is 15.1 Å². The molecule has 0 fully saturated rings. The number of hydrogen-bond acceptors (Lipinski definition) is 4. The normalized spacial score (nSPS) is 12.4. The predicted molar refractivity (Wildman–Crippen MR) is 138 cm³/mol. The molecular weight excluding hydrogens is 540 g/mol. The van der Waals surface area contributed by atoms with E-state index in [1.807, 2.05) is 13.8 Å². The zero-order valence-electron chi connectivity index (χ0n) is 19.7. The highest BCUT2D eigenvalue weighted by atomic mass is 35.5. The average molecular weight is 567 g/mol. The van der Waals surface area contributed by atoms with Gasteiger partial charge in [-0.1, -0.05) is 54.7 Å². The highest BCUT2D eigenvalue weighted by Crippen LogP contribution is 2.26. The first-order valence-corrected chi connectivity index (χ1v) is 13.6. The van der Waals surface area contributed by atoms with Gasteiger partial charge >= 0.3 is 0 Å². The number of nitrogens with zero attached hydrogens (tertiary/aromatic N) is 2. The van der Waals surface area contributed by atoms with Gasteiger partial charge in [-0.3, -0.25) is 13.9 Å². The van der Waals surface area contributed by atoms with E-state index >= 15 is 0 Å². The van der Waals surface area contributed by atoms with Crippen molar-refractivity contribution < 1.29 is 22.4 Å². The summed E-state index contributed by atoms with van der Waals surface area (Å²) in [6.45, 7) is 5.08. The molecule has 192 valence electrons. The van der Waals surface area contributed by atoms with Gasteiger partial charge in [0.15, 0.2) is 0 Å². The number of anilines is 1. The van der Waals surface area contributed by atoms with Gasteiger partial charge in [0.1, 0.15) is 18.4 Å². The summed E-state index contributed by atoms with van der Waals surface area (Å²) in [6, 6.07) is 7.10. The van der Waals surface area contributed by atoms with Crippen LogP contribution in [0.3, 0.4) is 0 Å². The Labute approximate surface area is 220 Å². The quantitative estimate of drug-likeness (QED) is 0.450. The second-order valence-electron chi connectivity index (χ2n) is 8.44. The van der Waals surface area contributed by atoms with Crippen LogP contribution in [0.5, 0.6) is 0 Å². The second-order valence-corrected chi connectivity index (χ2v) is 11.6. The lowest BCUT2D eigenvalue weighted by molar-refractivity contribution is -0.139. The summed E-state index contributed by atoms with van der Waals surface area (Å²) in [5.74, 6) is -1.63. The number of halogens is 4. The molecule has 35 heavy (non-hydrogen) atoms. The summed E-state index contributed by atoms with van der Waals surface area (Å²) in [5, 5.41) is 3.17. The number of amides is 2. The molecular formula is C23H27Cl3FN3O4S. The van der Waals surface area contributed by atoms with E-state index in [0.717, 1.165) is 22.7 Å². The van der Waals surface area contributed by atoms with Crippen molar-refractivity contribution in [2.75, 3.05) is 23.7 Å². The van der Waals surface area contributed by atoms with Gasteiger partial charge in [-0.05, 0) is 48.7 Å². The Bertz CT molecular complexity index is 1190. The summed E-state index contributed by atoms with van der Waals surface area (Å²) in [6.07, 6.45) is 0.913. The minimum Gasteiger partial charge on any atom is -0.354 e. The molecule has 2 aromatic carbocycles. The maximum atomic E-state index is 13.6. The first-order chi connectivity index (χ1) is 16.2. The monoisotopic (exact) mass is 565 g/mol. The number of nitrogens with one attached hydrogen (secondary N) is 1. The van der Waals surface area contributed by atoms with Crippen molar-refractivity contribution in [3.8, 4) is 0 Å². The van der Waals surface area contributed by atoms with Crippen molar-refractivity contribution in [2.24, 2.45) is 5.92 Å². The van der Waals surface area contributed by atoms with E-state index in [1.165, 1.54) is 24.0 Å². The van der Waals surface area contributed by atoms with E-state index in [-0.39, 0.29) is 28.2 Å². The van der Waals surface area contributed by atoms with Gasteiger partial charge in [-0.25, -0.2) is 12.8 Å². The Hall–Kier alpha value is -2.07. The van der Waals surface area contributed by atoms with Crippen molar-refractivity contribution in [2.45, 2.75) is 33.4 Å². The van der Waals surface area contributed by atoms with E-state index in [1.54, 1.807) is 12.1 Å². The third-order valence-electron chi connectivity index (χ3n) is 5.08. The minimum absolute atomic E-state index is 0.00800. The first-order valence-electron chi connectivity index (χ1n) is 10.6. The molecule has 1 N–H and O–H groups in total. The fraction of sp³-hybridized carbons (Fsp3) is 0.391. The predicted octanol–water partition coefficient (Wildman–Crippen LogP) is 4.74. The molecule has 1 atom stereocenters. The van der Waals surface area contributed by atoms with Gasteiger partial charge in [-0.15, -0.1) is 0 Å². The average Bonchev–Trinajstić information content (AvgIpc) is 2.75. The molecule has 0 radical (unpaired) electrons. The first kappa shape index (κ1) is 29.2. The van der Waals surface area contributed by atoms with Gasteiger partial charge in [0.25, 0.3) is 0 Å². The topological polar surface area (TPSA) is 86.8 Å². The number of carbonyl (C=O) groups is 2. The van der Waals surface area contributed by atoms with Crippen LogP contribution in [0, 0.1) is 11.7 Å². The van der Waals surface area contributed by atoms with E-state index in [0.29, 0.717) is 17.1 Å². The maximum absolute atomic E-state index is 13.6. The van der Waals surface area contributed by atoms with Crippen molar-refractivity contribution >= 4 is 62.3 Å². The smallest absolute Gasteiger partial charge is 0.244 e. The number of carbonyl (C=O) groups excluding carboxylic acids is 2. The second kappa shape index (κ2) is 12.3. The van der Waals surface area contributed by atoms with Crippen LogP contribution in [0.25, 0.3) is 0 Å². The van der Waals surface area contributed by atoms with E-state index in [9.17, 15) is 22.4 Å². The molecule has 0 aliphatic carbocycles. The zero-order valence-corrected chi connectivity index (χ0v) is 22.8. The summed E-state index contributed by atoms with van der Waals surface area (Å²) in [4.78, 5) is 27.5. The van der Waals surface area contributed by atoms with Crippen LogP contribution in [-0.4, -0.2) is 50.5 Å². The van der Waals surface area contributed by atoms with Crippen molar-refractivity contribution in [3.63, 3.8) is 0 Å². The molecule has 2 rings (SSSR count). The van der Waals surface area contributed by atoms with Crippen molar-refractivity contribution in [1.82, 2.24) is 10.2 Å². The lowest BCUT2D eigenvalue weighted by atomic mass is 10.1. The lowest BCUT2D eigenvalue weighted by Crippen LogP contribution is -2.51. The number of sulfonamides is 1. The SMILES string of the molecule is CC(C)CNC(=O)C(C)N(Cc1ccc(Cl)cc1Cl)C(=O)CN(c1ccc(F)c(Cl)c1)S(C)(=O)=O. The summed E-state index contributed by atoms with van der Waals surface area (Å²) in [5.41, 5.74) is 0.525. The summed E-state index contributed by atoms with van der Waals surface area (Å²) >= 11 is 18.1. The van der Waals surface area contributed by atoms with Crippen LogP contribution in [-0.2, 0) is 26.2 Å². The Morgan fingerprint density at radius 2 is 1.69 bits per heavy atom. The van der Waals surface area contributed by atoms with Crippen LogP contribution in [0.4, 0.5) is 10.1 Å². The molecule has 0 aromatic heterocycles. The van der Waals surface area contributed by atoms with E-state index in [2.05, 4.69) is 5.32 Å². The number of rotatable bonds is 10. The number of benzene rings is 2. The van der Waals surface area contributed by atoms with Gasteiger partial charge in [0.2, 0.25) is 21.8 Å². The Kier molecular flexibility index (Phi) is 10.2. The Balaban J connectivity index is 2.42. The highest BCUT2D eigenvalue weighted by Gasteiger charge is 2.30. The molecule has 0 bridgehead atoms. The Morgan fingerprint density at radius 1 is 1.03 bits per heavy atom. The third kappa shape index (κ3) is 8.24. The molecule has 7 nitrogen and oxygen atoms in total. The molecule has 2 aromatic rings. The number of hydrogen-bond donors (Lipinski definition) is 1. The summed E-state index contributed by atoms with van der Waals surface area (Å²) < 4.78 is 39.5. The van der Waals surface area contributed by atoms with Crippen LogP contribution < -0.4 is 9.62 Å². The van der Waals surface area contributed by atoms with Gasteiger partial charge in [0, 0.05) is 23.1 Å². The lowest BCUT2D eigenvalue weighted by Gasteiger charge is -2.32. The molecule has 0 saturated heterocycles. The maximum Gasteiger partial charge on any atom is 0.244 e. The van der Waals surface area contributed by atoms with Crippen LogP contribution in [0.15, 0.2) is 36.4 Å². The van der Waals surface area contributed by atoms with Gasteiger partial charge in [-0.2, -0.15) is 0 Å².